The highest BCUT2D eigenvalue weighted by Gasteiger charge is 2.05. The Bertz CT molecular complexity index is 437. The molecule has 0 saturated heterocycles. The summed E-state index contributed by atoms with van der Waals surface area (Å²) in [6.07, 6.45) is 0.329. The predicted molar refractivity (Wildman–Crippen MR) is 69.5 cm³/mol. The molecule has 4 N–H and O–H groups in total. The van der Waals surface area contributed by atoms with E-state index in [2.05, 4.69) is 10.6 Å². The largest absolute Gasteiger partial charge is 0.389 e. The molecule has 0 spiro atoms. The number of nitrogens with two attached hydrogens (primary N) is 1. The van der Waals surface area contributed by atoms with Crippen LogP contribution in [0.15, 0.2) is 18.2 Å². The van der Waals surface area contributed by atoms with E-state index in [-0.39, 0.29) is 16.5 Å². The third-order valence-corrected chi connectivity index (χ3v) is 2.41. The fourth-order valence-electron chi connectivity index (χ4n) is 1.27. The summed E-state index contributed by atoms with van der Waals surface area (Å²) in [6, 6.07) is 4.49. The molecule has 0 bridgehead atoms. The Hall–Kier alpha value is -1.69. The number of benzene rings is 1. The maximum absolute atomic E-state index is 13.5. The molecule has 0 saturated carbocycles. The lowest BCUT2D eigenvalue weighted by atomic mass is 10.2. The number of amides is 1. The Labute approximate surface area is 104 Å². The van der Waals surface area contributed by atoms with E-state index in [1.54, 1.807) is 13.1 Å². The number of nitrogens with one attached hydrogen (secondary N) is 2. The molecule has 4 nitrogen and oxygen atoms in total. The number of carbonyl (C=O) groups is 1. The summed E-state index contributed by atoms with van der Waals surface area (Å²) < 4.78 is 13.5. The molecule has 1 aromatic carbocycles. The molecule has 0 radical (unpaired) electrons. The van der Waals surface area contributed by atoms with E-state index in [0.29, 0.717) is 18.7 Å². The molecule has 0 unspecified atom stereocenters. The normalized spacial score (nSPS) is 9.76. The van der Waals surface area contributed by atoms with E-state index in [1.807, 2.05) is 0 Å². The highest BCUT2D eigenvalue weighted by atomic mass is 32.1. The monoisotopic (exact) mass is 255 g/mol. The van der Waals surface area contributed by atoms with E-state index < -0.39 is 5.82 Å². The first-order valence-corrected chi connectivity index (χ1v) is 5.49. The Morgan fingerprint density at radius 1 is 1.53 bits per heavy atom. The molecular weight excluding hydrogens is 241 g/mol. The molecular formula is C11H14FN3OS. The van der Waals surface area contributed by atoms with Gasteiger partial charge in [-0.15, -0.1) is 0 Å². The van der Waals surface area contributed by atoms with Crippen molar-refractivity contribution in [2.75, 3.05) is 18.9 Å². The zero-order chi connectivity index (χ0) is 12.8. The highest BCUT2D eigenvalue weighted by Crippen LogP contribution is 2.14. The lowest BCUT2D eigenvalue weighted by molar-refractivity contribution is -0.120. The SMILES string of the molecule is CNC(=O)CCNc1ccc(C(N)=S)c(F)c1. The number of hydrogen-bond acceptors (Lipinski definition) is 3. The number of anilines is 1. The fraction of sp³-hybridized carbons (Fsp3) is 0.273. The van der Waals surface area contributed by atoms with Crippen molar-refractivity contribution in [2.24, 2.45) is 5.73 Å². The molecule has 6 heteroatoms. The minimum absolute atomic E-state index is 0.0272. The van der Waals surface area contributed by atoms with Crippen LogP contribution in [0.5, 0.6) is 0 Å². The standard InChI is InChI=1S/C11H14FN3OS/c1-14-10(16)4-5-15-7-2-3-8(11(13)17)9(12)6-7/h2-3,6,15H,4-5H2,1H3,(H2,13,17)(H,14,16). The van der Waals surface area contributed by atoms with E-state index in [4.69, 9.17) is 18.0 Å². The van der Waals surface area contributed by atoms with Gasteiger partial charge in [0.1, 0.15) is 10.8 Å². The first kappa shape index (κ1) is 13.4. The van der Waals surface area contributed by atoms with Gasteiger partial charge in [-0.2, -0.15) is 0 Å². The van der Waals surface area contributed by atoms with Gasteiger partial charge in [-0.1, -0.05) is 12.2 Å². The van der Waals surface area contributed by atoms with E-state index in [0.717, 1.165) is 0 Å². The molecule has 0 atom stereocenters. The van der Waals surface area contributed by atoms with Crippen LogP contribution < -0.4 is 16.4 Å². The topological polar surface area (TPSA) is 67.2 Å². The summed E-state index contributed by atoms with van der Waals surface area (Å²) in [7, 11) is 1.57. The Balaban J connectivity index is 2.59. The van der Waals surface area contributed by atoms with Crippen molar-refractivity contribution in [2.45, 2.75) is 6.42 Å². The average Bonchev–Trinajstić information content (AvgIpc) is 2.28. The first-order chi connectivity index (χ1) is 8.04. The van der Waals surface area contributed by atoms with Crippen LogP contribution in [-0.2, 0) is 4.79 Å². The van der Waals surface area contributed by atoms with Crippen molar-refractivity contribution in [3.8, 4) is 0 Å². The molecule has 0 aliphatic carbocycles. The molecule has 1 aromatic rings. The molecule has 0 aromatic heterocycles. The zero-order valence-electron chi connectivity index (χ0n) is 9.42. The van der Waals surface area contributed by atoms with Crippen LogP contribution in [0, 0.1) is 5.82 Å². The smallest absolute Gasteiger partial charge is 0.221 e. The number of thiocarbonyl (C=S) groups is 1. The molecule has 0 heterocycles. The minimum Gasteiger partial charge on any atom is -0.389 e. The fourth-order valence-corrected chi connectivity index (χ4v) is 1.44. The number of halogens is 1. The van der Waals surface area contributed by atoms with Gasteiger partial charge in [-0.25, -0.2) is 4.39 Å². The molecule has 1 rings (SSSR count). The number of hydrogen-bond donors (Lipinski definition) is 3. The molecule has 1 amide bonds. The van der Waals surface area contributed by atoms with Crippen LogP contribution in [-0.4, -0.2) is 24.5 Å². The van der Waals surface area contributed by atoms with Gasteiger partial charge < -0.3 is 16.4 Å². The van der Waals surface area contributed by atoms with Crippen LogP contribution in [0.1, 0.15) is 12.0 Å². The van der Waals surface area contributed by atoms with Crippen molar-refractivity contribution in [1.29, 1.82) is 0 Å². The van der Waals surface area contributed by atoms with Crippen LogP contribution in [0.25, 0.3) is 0 Å². The third-order valence-electron chi connectivity index (χ3n) is 2.19. The number of carbonyl (C=O) groups excluding carboxylic acids is 1. The zero-order valence-corrected chi connectivity index (χ0v) is 10.2. The van der Waals surface area contributed by atoms with Crippen molar-refractivity contribution in [3.63, 3.8) is 0 Å². The summed E-state index contributed by atoms with van der Waals surface area (Å²) in [5.41, 5.74) is 6.15. The van der Waals surface area contributed by atoms with Gasteiger partial charge in [0.2, 0.25) is 5.91 Å². The number of rotatable bonds is 5. The highest BCUT2D eigenvalue weighted by molar-refractivity contribution is 7.80. The van der Waals surface area contributed by atoms with Gasteiger partial charge in [0.15, 0.2) is 0 Å². The minimum atomic E-state index is -0.470. The molecule has 92 valence electrons. The lowest BCUT2D eigenvalue weighted by Gasteiger charge is -2.07. The van der Waals surface area contributed by atoms with Crippen LogP contribution >= 0.6 is 12.2 Å². The predicted octanol–water partition coefficient (Wildman–Crippen LogP) is 1.01. The third kappa shape index (κ3) is 3.99. The summed E-state index contributed by atoms with van der Waals surface area (Å²) in [5, 5.41) is 5.43. The van der Waals surface area contributed by atoms with Gasteiger partial charge in [0.05, 0.1) is 0 Å². The maximum Gasteiger partial charge on any atom is 0.221 e. The van der Waals surface area contributed by atoms with Crippen LogP contribution in [0.3, 0.4) is 0 Å². The first-order valence-electron chi connectivity index (χ1n) is 5.08. The molecule has 0 aliphatic heterocycles. The van der Waals surface area contributed by atoms with E-state index in [9.17, 15) is 9.18 Å². The second-order valence-electron chi connectivity index (χ2n) is 3.41. The van der Waals surface area contributed by atoms with Gasteiger partial charge in [0.25, 0.3) is 0 Å². The quantitative estimate of drug-likeness (QED) is 0.687. The van der Waals surface area contributed by atoms with E-state index in [1.165, 1.54) is 12.1 Å². The molecule has 17 heavy (non-hydrogen) atoms. The van der Waals surface area contributed by atoms with Crippen molar-refractivity contribution >= 4 is 28.8 Å². The molecule has 0 aliphatic rings. The summed E-state index contributed by atoms with van der Waals surface area (Å²) in [4.78, 5) is 11.0. The van der Waals surface area contributed by atoms with Crippen molar-refractivity contribution in [3.05, 3.63) is 29.6 Å². The Kier molecular flexibility index (Phi) is 4.84. The second kappa shape index (κ2) is 6.15. The Morgan fingerprint density at radius 3 is 2.76 bits per heavy atom. The summed E-state index contributed by atoms with van der Waals surface area (Å²) in [6.45, 7) is 0.436. The van der Waals surface area contributed by atoms with Crippen molar-refractivity contribution < 1.29 is 9.18 Å². The van der Waals surface area contributed by atoms with Gasteiger partial charge in [0, 0.05) is 31.3 Å². The maximum atomic E-state index is 13.5. The van der Waals surface area contributed by atoms with E-state index >= 15 is 0 Å². The van der Waals surface area contributed by atoms with Crippen LogP contribution in [0.4, 0.5) is 10.1 Å². The summed E-state index contributed by atoms with van der Waals surface area (Å²) in [5.74, 6) is -0.542. The van der Waals surface area contributed by atoms with Gasteiger partial charge >= 0.3 is 0 Å². The Morgan fingerprint density at radius 2 is 2.24 bits per heavy atom. The van der Waals surface area contributed by atoms with Gasteiger partial charge in [-0.3, -0.25) is 4.79 Å². The second-order valence-corrected chi connectivity index (χ2v) is 3.85. The average molecular weight is 255 g/mol. The molecule has 0 fully saturated rings. The van der Waals surface area contributed by atoms with Crippen LogP contribution in [0.2, 0.25) is 0 Å². The summed E-state index contributed by atoms with van der Waals surface area (Å²) >= 11 is 4.69. The lowest BCUT2D eigenvalue weighted by Crippen LogP contribution is -2.20. The van der Waals surface area contributed by atoms with Gasteiger partial charge in [-0.05, 0) is 18.2 Å². The van der Waals surface area contributed by atoms with Crippen molar-refractivity contribution in [1.82, 2.24) is 5.32 Å².